The molecular formula is C16H16FNO3S. The van der Waals surface area contributed by atoms with Gasteiger partial charge in [0.05, 0.1) is 12.7 Å². The minimum Gasteiger partial charge on any atom is -0.371 e. The van der Waals surface area contributed by atoms with Crippen LogP contribution in [-0.4, -0.2) is 32.4 Å². The summed E-state index contributed by atoms with van der Waals surface area (Å²) in [5, 5.41) is 0. The van der Waals surface area contributed by atoms with Gasteiger partial charge >= 0.3 is 0 Å². The highest BCUT2D eigenvalue weighted by Crippen LogP contribution is 2.27. The van der Waals surface area contributed by atoms with Gasteiger partial charge in [0.2, 0.25) is 10.0 Å². The molecule has 1 atom stereocenters. The molecule has 4 nitrogen and oxygen atoms in total. The van der Waals surface area contributed by atoms with Crippen molar-refractivity contribution in [1.29, 1.82) is 0 Å². The molecule has 0 spiro atoms. The Kier molecular flexibility index (Phi) is 4.24. The number of halogens is 1. The van der Waals surface area contributed by atoms with E-state index in [4.69, 9.17) is 4.74 Å². The van der Waals surface area contributed by atoms with Crippen LogP contribution in [0.5, 0.6) is 0 Å². The lowest BCUT2D eigenvalue weighted by molar-refractivity contribution is -0.00261. The molecule has 0 unspecified atom stereocenters. The molecule has 1 fully saturated rings. The van der Waals surface area contributed by atoms with Crippen LogP contribution in [0.15, 0.2) is 59.5 Å². The van der Waals surface area contributed by atoms with Gasteiger partial charge in [0.15, 0.2) is 0 Å². The number of hydrogen-bond donors (Lipinski definition) is 0. The number of sulfonamides is 1. The summed E-state index contributed by atoms with van der Waals surface area (Å²) in [6, 6.07) is 14.9. The Morgan fingerprint density at radius 1 is 1.05 bits per heavy atom. The third kappa shape index (κ3) is 2.90. The molecule has 1 aliphatic heterocycles. The van der Waals surface area contributed by atoms with Crippen molar-refractivity contribution >= 4 is 10.0 Å². The van der Waals surface area contributed by atoms with Crippen molar-refractivity contribution in [3.8, 4) is 0 Å². The summed E-state index contributed by atoms with van der Waals surface area (Å²) in [6.45, 7) is 0.688. The first kappa shape index (κ1) is 15.1. The maximum Gasteiger partial charge on any atom is 0.246 e. The molecule has 0 aromatic heterocycles. The average Bonchev–Trinajstić information content (AvgIpc) is 2.56. The van der Waals surface area contributed by atoms with E-state index >= 15 is 0 Å². The minimum atomic E-state index is -3.86. The van der Waals surface area contributed by atoms with E-state index in [1.807, 2.05) is 30.3 Å². The lowest BCUT2D eigenvalue weighted by atomic mass is 10.1. The topological polar surface area (TPSA) is 46.6 Å². The first-order valence-corrected chi connectivity index (χ1v) is 8.44. The fraction of sp³-hybridized carbons (Fsp3) is 0.250. The summed E-state index contributed by atoms with van der Waals surface area (Å²) in [5.74, 6) is -0.731. The maximum absolute atomic E-state index is 13.8. The minimum absolute atomic E-state index is 0.181. The molecule has 1 heterocycles. The molecule has 0 radical (unpaired) electrons. The van der Waals surface area contributed by atoms with Gasteiger partial charge < -0.3 is 4.74 Å². The smallest absolute Gasteiger partial charge is 0.246 e. The molecule has 6 heteroatoms. The zero-order valence-electron chi connectivity index (χ0n) is 11.9. The van der Waals surface area contributed by atoms with E-state index in [1.165, 1.54) is 22.5 Å². The van der Waals surface area contributed by atoms with E-state index in [9.17, 15) is 12.8 Å². The molecule has 0 amide bonds. The van der Waals surface area contributed by atoms with E-state index in [-0.39, 0.29) is 30.7 Å². The second kappa shape index (κ2) is 6.16. The summed E-state index contributed by atoms with van der Waals surface area (Å²) < 4.78 is 46.0. The second-order valence-electron chi connectivity index (χ2n) is 5.06. The Morgan fingerprint density at radius 3 is 2.45 bits per heavy atom. The standard InChI is InChI=1S/C16H16FNO3S/c17-14-8-4-5-9-16(14)22(19,20)18-10-11-21-15(12-18)13-6-2-1-3-7-13/h1-9,15H,10-12H2/t15-/m1/s1. The molecule has 0 saturated carbocycles. The predicted octanol–water partition coefficient (Wildman–Crippen LogP) is 2.59. The number of benzene rings is 2. The summed E-state index contributed by atoms with van der Waals surface area (Å²) in [4.78, 5) is -0.288. The van der Waals surface area contributed by atoms with Crippen molar-refractivity contribution in [1.82, 2.24) is 4.31 Å². The van der Waals surface area contributed by atoms with E-state index in [0.717, 1.165) is 11.6 Å². The summed E-state index contributed by atoms with van der Waals surface area (Å²) >= 11 is 0. The van der Waals surface area contributed by atoms with E-state index in [2.05, 4.69) is 0 Å². The van der Waals surface area contributed by atoms with Gasteiger partial charge in [-0.25, -0.2) is 12.8 Å². The van der Waals surface area contributed by atoms with Crippen LogP contribution in [0.25, 0.3) is 0 Å². The lowest BCUT2D eigenvalue weighted by Crippen LogP contribution is -2.42. The molecular weight excluding hydrogens is 305 g/mol. The van der Waals surface area contributed by atoms with Crippen molar-refractivity contribution in [2.75, 3.05) is 19.7 Å². The van der Waals surface area contributed by atoms with Gasteiger partial charge in [-0.2, -0.15) is 4.31 Å². The van der Waals surface area contributed by atoms with Gasteiger partial charge in [0.1, 0.15) is 10.7 Å². The van der Waals surface area contributed by atoms with E-state index < -0.39 is 15.8 Å². The lowest BCUT2D eigenvalue weighted by Gasteiger charge is -2.32. The Balaban J connectivity index is 1.87. The Bertz CT molecular complexity index is 749. The van der Waals surface area contributed by atoms with Gasteiger partial charge in [0.25, 0.3) is 0 Å². The van der Waals surface area contributed by atoms with Gasteiger partial charge in [-0.05, 0) is 17.7 Å². The van der Waals surface area contributed by atoms with Crippen LogP contribution >= 0.6 is 0 Å². The highest BCUT2D eigenvalue weighted by molar-refractivity contribution is 7.89. The largest absolute Gasteiger partial charge is 0.371 e. The maximum atomic E-state index is 13.8. The predicted molar refractivity (Wildman–Crippen MR) is 80.3 cm³/mol. The third-order valence-corrected chi connectivity index (χ3v) is 5.55. The molecule has 1 saturated heterocycles. The summed E-state index contributed by atoms with van der Waals surface area (Å²) in [7, 11) is -3.86. The summed E-state index contributed by atoms with van der Waals surface area (Å²) in [6.07, 6.45) is -0.337. The molecule has 0 bridgehead atoms. The van der Waals surface area contributed by atoms with Crippen molar-refractivity contribution in [3.05, 3.63) is 66.0 Å². The third-order valence-electron chi connectivity index (χ3n) is 3.66. The van der Waals surface area contributed by atoms with Crippen LogP contribution < -0.4 is 0 Å². The Morgan fingerprint density at radius 2 is 1.73 bits per heavy atom. The van der Waals surface area contributed by atoms with Crippen LogP contribution in [0, 0.1) is 5.82 Å². The molecule has 116 valence electrons. The first-order valence-electron chi connectivity index (χ1n) is 7.00. The van der Waals surface area contributed by atoms with Crippen molar-refractivity contribution < 1.29 is 17.5 Å². The molecule has 0 aliphatic carbocycles. The number of ether oxygens (including phenoxy) is 1. The molecule has 22 heavy (non-hydrogen) atoms. The van der Waals surface area contributed by atoms with Crippen LogP contribution in [0.1, 0.15) is 11.7 Å². The van der Waals surface area contributed by atoms with Gasteiger partial charge in [0, 0.05) is 13.1 Å². The quantitative estimate of drug-likeness (QED) is 0.873. The second-order valence-corrected chi connectivity index (χ2v) is 6.97. The molecule has 2 aromatic carbocycles. The number of morpholine rings is 1. The highest BCUT2D eigenvalue weighted by atomic mass is 32.2. The number of rotatable bonds is 3. The normalized spacial score (nSPS) is 20.0. The van der Waals surface area contributed by atoms with Crippen LogP contribution in [0.2, 0.25) is 0 Å². The number of nitrogens with zero attached hydrogens (tertiary/aromatic N) is 1. The van der Waals surface area contributed by atoms with Crippen LogP contribution in [-0.2, 0) is 14.8 Å². The zero-order valence-corrected chi connectivity index (χ0v) is 12.7. The Hall–Kier alpha value is -1.76. The van der Waals surface area contributed by atoms with E-state index in [0.29, 0.717) is 0 Å². The van der Waals surface area contributed by atoms with Gasteiger partial charge in [-0.1, -0.05) is 42.5 Å². The highest BCUT2D eigenvalue weighted by Gasteiger charge is 2.32. The van der Waals surface area contributed by atoms with Crippen molar-refractivity contribution in [2.24, 2.45) is 0 Å². The Labute approximate surface area is 129 Å². The molecule has 0 N–H and O–H groups in total. The summed E-state index contributed by atoms with van der Waals surface area (Å²) in [5.41, 5.74) is 0.913. The molecule has 3 rings (SSSR count). The van der Waals surface area contributed by atoms with Gasteiger partial charge in [-0.15, -0.1) is 0 Å². The zero-order chi connectivity index (χ0) is 15.6. The van der Waals surface area contributed by atoms with E-state index in [1.54, 1.807) is 0 Å². The fourth-order valence-electron chi connectivity index (χ4n) is 2.51. The monoisotopic (exact) mass is 321 g/mol. The van der Waals surface area contributed by atoms with Gasteiger partial charge in [-0.3, -0.25) is 0 Å². The van der Waals surface area contributed by atoms with Crippen molar-refractivity contribution in [3.63, 3.8) is 0 Å². The fourth-order valence-corrected chi connectivity index (χ4v) is 4.00. The number of hydrogen-bond acceptors (Lipinski definition) is 3. The SMILES string of the molecule is O=S(=O)(c1ccccc1F)N1CCO[C@@H](c2ccccc2)C1. The van der Waals surface area contributed by atoms with Crippen LogP contribution in [0.4, 0.5) is 4.39 Å². The molecule has 1 aliphatic rings. The first-order chi connectivity index (χ1) is 10.6. The molecule has 2 aromatic rings. The van der Waals surface area contributed by atoms with Crippen molar-refractivity contribution in [2.45, 2.75) is 11.0 Å². The van der Waals surface area contributed by atoms with Crippen LogP contribution in [0.3, 0.4) is 0 Å². The average molecular weight is 321 g/mol.